The lowest BCUT2D eigenvalue weighted by atomic mass is 10.2. The summed E-state index contributed by atoms with van der Waals surface area (Å²) in [6, 6.07) is 16.3. The minimum absolute atomic E-state index is 0.0541. The average Bonchev–Trinajstić information content (AvgIpc) is 3.10. The maximum atomic E-state index is 12.8. The van der Waals surface area contributed by atoms with E-state index in [2.05, 4.69) is 20.6 Å². The van der Waals surface area contributed by atoms with E-state index in [1.54, 1.807) is 42.5 Å². The van der Waals surface area contributed by atoms with Gasteiger partial charge in [-0.1, -0.05) is 18.2 Å². The summed E-state index contributed by atoms with van der Waals surface area (Å²) >= 11 is 0. The maximum Gasteiger partial charge on any atom is 0.573 e. The van der Waals surface area contributed by atoms with Gasteiger partial charge in [0.1, 0.15) is 11.6 Å². The molecule has 0 spiro atoms. The second-order valence-corrected chi connectivity index (χ2v) is 7.27. The van der Waals surface area contributed by atoms with Crippen LogP contribution >= 0.6 is 0 Å². The summed E-state index contributed by atoms with van der Waals surface area (Å²) in [4.78, 5) is 29.1. The highest BCUT2D eigenvalue weighted by Crippen LogP contribution is 2.24. The van der Waals surface area contributed by atoms with E-state index in [0.717, 1.165) is 16.7 Å². The number of alkyl halides is 3. The number of benzene rings is 2. The highest BCUT2D eigenvalue weighted by Gasteiger charge is 2.31. The number of carbonyl (C=O) groups excluding carboxylic acids is 1. The molecule has 35 heavy (non-hydrogen) atoms. The van der Waals surface area contributed by atoms with Gasteiger partial charge in [-0.15, -0.1) is 13.2 Å². The van der Waals surface area contributed by atoms with E-state index >= 15 is 0 Å². The Morgan fingerprint density at radius 3 is 2.46 bits per heavy atom. The molecular weight excluding hydrogens is 467 g/mol. The Kier molecular flexibility index (Phi) is 6.44. The fourth-order valence-electron chi connectivity index (χ4n) is 3.25. The van der Waals surface area contributed by atoms with Crippen LogP contribution in [0.4, 0.5) is 19.0 Å². The van der Waals surface area contributed by atoms with Crippen molar-refractivity contribution in [1.82, 2.24) is 19.5 Å². The molecule has 2 aromatic heterocycles. The first-order valence-electron chi connectivity index (χ1n) is 10.1. The molecule has 12 heteroatoms. The van der Waals surface area contributed by atoms with Gasteiger partial charge >= 0.3 is 12.1 Å². The molecule has 0 aliphatic carbocycles. The van der Waals surface area contributed by atoms with Crippen LogP contribution in [0.3, 0.4) is 0 Å². The number of anilines is 1. The van der Waals surface area contributed by atoms with Gasteiger partial charge in [0.15, 0.2) is 0 Å². The summed E-state index contributed by atoms with van der Waals surface area (Å²) in [5, 5.41) is 10.3. The summed E-state index contributed by atoms with van der Waals surface area (Å²) in [6.45, 7) is 0.0541. The van der Waals surface area contributed by atoms with Crippen molar-refractivity contribution >= 4 is 11.7 Å². The van der Waals surface area contributed by atoms with Gasteiger partial charge in [-0.05, 0) is 54.1 Å². The van der Waals surface area contributed by atoms with Gasteiger partial charge in [0.05, 0.1) is 18.4 Å². The molecule has 0 aliphatic heterocycles. The number of carbonyl (C=O) groups is 1. The lowest BCUT2D eigenvalue weighted by Gasteiger charge is -2.10. The van der Waals surface area contributed by atoms with Crippen molar-refractivity contribution in [3.63, 3.8) is 0 Å². The Balaban J connectivity index is 1.47. The third kappa shape index (κ3) is 5.79. The molecule has 0 saturated carbocycles. The molecule has 1 amide bonds. The number of rotatable bonds is 7. The van der Waals surface area contributed by atoms with Crippen LogP contribution in [0.2, 0.25) is 0 Å². The van der Waals surface area contributed by atoms with Crippen molar-refractivity contribution in [1.29, 1.82) is 0 Å². The fourth-order valence-corrected chi connectivity index (χ4v) is 3.25. The lowest BCUT2D eigenvalue weighted by Crippen LogP contribution is -2.29. The Labute approximate surface area is 196 Å². The van der Waals surface area contributed by atoms with Crippen LogP contribution < -0.4 is 21.3 Å². The Hall–Kier alpha value is -4.74. The fraction of sp³-hybridized carbons (Fsp3) is 0.0870. The van der Waals surface area contributed by atoms with Gasteiger partial charge in [0.2, 0.25) is 5.88 Å². The second-order valence-electron chi connectivity index (χ2n) is 7.27. The molecule has 2 heterocycles. The molecule has 4 aromatic rings. The number of hydrazine groups is 1. The molecule has 4 rings (SSSR count). The number of nitrogens with one attached hydrogen (secondary N) is 2. The summed E-state index contributed by atoms with van der Waals surface area (Å²) in [7, 11) is 0. The molecule has 2 aromatic carbocycles. The van der Waals surface area contributed by atoms with E-state index < -0.39 is 23.7 Å². The molecule has 0 fully saturated rings. The number of aromatic hydroxyl groups is 1. The van der Waals surface area contributed by atoms with E-state index in [9.17, 15) is 27.9 Å². The summed E-state index contributed by atoms with van der Waals surface area (Å²) < 4.78 is 43.0. The summed E-state index contributed by atoms with van der Waals surface area (Å²) in [5.74, 6) is -0.891. The highest BCUT2D eigenvalue weighted by atomic mass is 19.4. The van der Waals surface area contributed by atoms with Crippen LogP contribution in [0.1, 0.15) is 15.9 Å². The molecular formula is C23H18F3N5O4. The van der Waals surface area contributed by atoms with Crippen molar-refractivity contribution in [2.75, 3.05) is 5.43 Å². The van der Waals surface area contributed by atoms with Crippen LogP contribution in [0.15, 0.2) is 83.9 Å². The van der Waals surface area contributed by atoms with E-state index in [-0.39, 0.29) is 18.1 Å². The third-order valence-electron chi connectivity index (χ3n) is 4.78. The van der Waals surface area contributed by atoms with Crippen molar-refractivity contribution in [2.45, 2.75) is 12.9 Å². The number of ether oxygens (including phenoxy) is 1. The van der Waals surface area contributed by atoms with E-state index in [1.165, 1.54) is 29.1 Å². The summed E-state index contributed by atoms with van der Waals surface area (Å²) in [5.41, 5.74) is 5.85. The number of halogens is 3. The first-order chi connectivity index (χ1) is 16.7. The van der Waals surface area contributed by atoms with E-state index in [4.69, 9.17) is 0 Å². The quantitative estimate of drug-likeness (QED) is 0.346. The Bertz CT molecular complexity index is 1380. The number of amides is 1. The first kappa shape index (κ1) is 23.4. The Morgan fingerprint density at radius 2 is 1.77 bits per heavy atom. The molecule has 9 nitrogen and oxygen atoms in total. The van der Waals surface area contributed by atoms with Crippen molar-refractivity contribution in [2.24, 2.45) is 0 Å². The number of pyridine rings is 1. The minimum atomic E-state index is -4.84. The monoisotopic (exact) mass is 485 g/mol. The molecule has 0 radical (unpaired) electrons. The number of nitrogens with zero attached hydrogens (tertiary/aromatic N) is 3. The molecule has 180 valence electrons. The molecule has 3 N–H and O–H groups in total. The van der Waals surface area contributed by atoms with Crippen LogP contribution in [0, 0.1) is 0 Å². The molecule has 0 saturated heterocycles. The lowest BCUT2D eigenvalue weighted by molar-refractivity contribution is -0.274. The Morgan fingerprint density at radius 1 is 1.06 bits per heavy atom. The number of hydrogen-bond acceptors (Lipinski definition) is 6. The van der Waals surface area contributed by atoms with Gasteiger partial charge in [0.25, 0.3) is 5.91 Å². The normalized spacial score (nSPS) is 11.2. The predicted molar refractivity (Wildman–Crippen MR) is 119 cm³/mol. The molecule has 0 aliphatic rings. The first-order valence-corrected chi connectivity index (χ1v) is 10.1. The maximum absolute atomic E-state index is 12.8. The molecule has 0 bridgehead atoms. The zero-order chi connectivity index (χ0) is 25.0. The van der Waals surface area contributed by atoms with Crippen LogP contribution in [-0.2, 0) is 6.54 Å². The standard InChI is InChI=1S/C23H18F3N5O4/c24-23(25,26)35-18-8-6-17(7-9-18)31-20(32)14-30(22(31)34)13-15-10-11-27-19(12-15)28-29-21(33)16-4-2-1-3-5-16/h1-12,14,32H,13H2,(H,27,28)(H,29,33). The van der Waals surface area contributed by atoms with Gasteiger partial charge in [0, 0.05) is 11.8 Å². The smallest absolute Gasteiger partial charge is 0.493 e. The van der Waals surface area contributed by atoms with Gasteiger partial charge in [-0.3, -0.25) is 20.2 Å². The van der Waals surface area contributed by atoms with Crippen LogP contribution in [0.25, 0.3) is 5.69 Å². The largest absolute Gasteiger partial charge is 0.573 e. The number of aromatic nitrogens is 3. The SMILES string of the molecule is O=C(NNc1cc(Cn2cc(O)n(-c3ccc(OC(F)(F)F)cc3)c2=O)ccn1)c1ccccc1. The van der Waals surface area contributed by atoms with E-state index in [0.29, 0.717) is 16.9 Å². The van der Waals surface area contributed by atoms with E-state index in [1.807, 2.05) is 0 Å². The van der Waals surface area contributed by atoms with Gasteiger partial charge in [-0.2, -0.15) is 0 Å². The second kappa shape index (κ2) is 9.63. The van der Waals surface area contributed by atoms with Crippen molar-refractivity contribution in [3.05, 3.63) is 101 Å². The number of imidazole rings is 1. The summed E-state index contributed by atoms with van der Waals surface area (Å²) in [6.07, 6.45) is -2.16. The van der Waals surface area contributed by atoms with Crippen molar-refractivity contribution < 1.29 is 27.8 Å². The third-order valence-corrected chi connectivity index (χ3v) is 4.78. The highest BCUT2D eigenvalue weighted by molar-refractivity contribution is 5.94. The van der Waals surface area contributed by atoms with Crippen molar-refractivity contribution in [3.8, 4) is 17.3 Å². The zero-order valence-corrected chi connectivity index (χ0v) is 17.9. The van der Waals surface area contributed by atoms with Gasteiger partial charge in [-0.25, -0.2) is 14.3 Å². The minimum Gasteiger partial charge on any atom is -0.493 e. The van der Waals surface area contributed by atoms with Gasteiger partial charge < -0.3 is 9.84 Å². The zero-order valence-electron chi connectivity index (χ0n) is 17.9. The number of hydrogen-bond donors (Lipinski definition) is 3. The topological polar surface area (TPSA) is 110 Å². The van der Waals surface area contributed by atoms with Crippen LogP contribution in [-0.4, -0.2) is 31.5 Å². The van der Waals surface area contributed by atoms with Crippen LogP contribution in [0.5, 0.6) is 11.6 Å². The average molecular weight is 485 g/mol. The predicted octanol–water partition coefficient (Wildman–Crippen LogP) is 3.44. The molecule has 0 unspecified atom stereocenters. The molecule has 0 atom stereocenters.